The smallest absolute Gasteiger partial charge is 0.159 e. The highest BCUT2D eigenvalue weighted by Gasteiger charge is 2.13. The minimum atomic E-state index is -0.825. The second-order valence-electron chi connectivity index (χ2n) is 5.06. The van der Waals surface area contributed by atoms with E-state index in [1.165, 1.54) is 6.07 Å². The summed E-state index contributed by atoms with van der Waals surface area (Å²) in [5, 5.41) is 3.37. The van der Waals surface area contributed by atoms with Gasteiger partial charge in [-0.05, 0) is 49.2 Å². The first-order valence-corrected chi connectivity index (χ1v) is 6.86. The molecule has 0 aliphatic carbocycles. The molecule has 0 aromatic heterocycles. The van der Waals surface area contributed by atoms with E-state index in [0.717, 1.165) is 17.4 Å². The Morgan fingerprint density at radius 1 is 0.857 bits per heavy atom. The summed E-state index contributed by atoms with van der Waals surface area (Å²) >= 11 is 0. The summed E-state index contributed by atoms with van der Waals surface area (Å²) in [7, 11) is 1.63. The molecule has 0 bridgehead atoms. The van der Waals surface area contributed by atoms with Crippen LogP contribution in [0.3, 0.4) is 0 Å². The molecule has 0 fully saturated rings. The molecule has 2 aromatic carbocycles. The summed E-state index contributed by atoms with van der Waals surface area (Å²) in [6.45, 7) is 3.95. The second-order valence-corrected chi connectivity index (χ2v) is 5.06. The van der Waals surface area contributed by atoms with Crippen LogP contribution in [0.4, 0.5) is 8.78 Å². The number of ether oxygens (including phenoxy) is 1. The Labute approximate surface area is 123 Å². The first kappa shape index (κ1) is 15.4. The van der Waals surface area contributed by atoms with Crippen LogP contribution in [-0.2, 0) is 0 Å². The second kappa shape index (κ2) is 6.68. The van der Waals surface area contributed by atoms with Crippen molar-refractivity contribution in [1.82, 2.24) is 5.32 Å². The van der Waals surface area contributed by atoms with Crippen LogP contribution in [0.5, 0.6) is 5.75 Å². The molecular formula is C17H19F2NO. The van der Waals surface area contributed by atoms with E-state index in [-0.39, 0.29) is 12.1 Å². The Morgan fingerprint density at radius 2 is 1.43 bits per heavy atom. The van der Waals surface area contributed by atoms with Crippen molar-refractivity contribution in [2.45, 2.75) is 25.9 Å². The van der Waals surface area contributed by atoms with E-state index in [0.29, 0.717) is 5.56 Å². The third kappa shape index (κ3) is 3.79. The lowest BCUT2D eigenvalue weighted by Crippen LogP contribution is -2.22. The Hall–Kier alpha value is -1.94. The van der Waals surface area contributed by atoms with Crippen molar-refractivity contribution in [3.05, 3.63) is 65.2 Å². The maximum absolute atomic E-state index is 13.3. The molecule has 0 aliphatic heterocycles. The van der Waals surface area contributed by atoms with E-state index in [2.05, 4.69) is 5.32 Å². The lowest BCUT2D eigenvalue weighted by molar-refractivity contribution is 0.414. The molecule has 2 unspecified atom stereocenters. The Morgan fingerprint density at radius 3 is 2.00 bits per heavy atom. The number of hydrogen-bond acceptors (Lipinski definition) is 2. The maximum Gasteiger partial charge on any atom is 0.159 e. The van der Waals surface area contributed by atoms with Crippen LogP contribution < -0.4 is 10.1 Å². The van der Waals surface area contributed by atoms with Gasteiger partial charge in [0.15, 0.2) is 11.6 Å². The van der Waals surface area contributed by atoms with Gasteiger partial charge in [-0.2, -0.15) is 0 Å². The minimum Gasteiger partial charge on any atom is -0.497 e. The monoisotopic (exact) mass is 291 g/mol. The summed E-state index contributed by atoms with van der Waals surface area (Å²) in [6.07, 6.45) is 0. The van der Waals surface area contributed by atoms with Gasteiger partial charge in [-0.25, -0.2) is 8.78 Å². The maximum atomic E-state index is 13.3. The molecule has 112 valence electrons. The van der Waals surface area contributed by atoms with E-state index >= 15 is 0 Å². The van der Waals surface area contributed by atoms with Gasteiger partial charge in [0.25, 0.3) is 0 Å². The highest BCUT2D eigenvalue weighted by Crippen LogP contribution is 2.22. The predicted molar refractivity (Wildman–Crippen MR) is 79.3 cm³/mol. The molecule has 21 heavy (non-hydrogen) atoms. The number of methoxy groups -OCH3 is 1. The molecule has 0 saturated heterocycles. The van der Waals surface area contributed by atoms with Gasteiger partial charge in [0, 0.05) is 12.1 Å². The number of nitrogens with one attached hydrogen (secondary N) is 1. The fraction of sp³-hybridized carbons (Fsp3) is 0.294. The molecule has 1 N–H and O–H groups in total. The third-order valence-electron chi connectivity index (χ3n) is 3.56. The average molecular weight is 291 g/mol. The fourth-order valence-electron chi connectivity index (χ4n) is 2.24. The lowest BCUT2D eigenvalue weighted by atomic mass is 10.0. The zero-order chi connectivity index (χ0) is 15.4. The average Bonchev–Trinajstić information content (AvgIpc) is 2.50. The Bertz CT molecular complexity index is 598. The van der Waals surface area contributed by atoms with E-state index < -0.39 is 11.6 Å². The van der Waals surface area contributed by atoms with Crippen molar-refractivity contribution in [1.29, 1.82) is 0 Å². The van der Waals surface area contributed by atoms with Crippen molar-refractivity contribution in [2.24, 2.45) is 0 Å². The molecule has 0 saturated carbocycles. The third-order valence-corrected chi connectivity index (χ3v) is 3.56. The van der Waals surface area contributed by atoms with Crippen molar-refractivity contribution in [2.75, 3.05) is 7.11 Å². The van der Waals surface area contributed by atoms with Gasteiger partial charge >= 0.3 is 0 Å². The summed E-state index contributed by atoms with van der Waals surface area (Å²) in [5.74, 6) is -0.841. The molecule has 4 heteroatoms. The molecule has 0 radical (unpaired) electrons. The van der Waals surface area contributed by atoms with Crippen LogP contribution in [0.2, 0.25) is 0 Å². The summed E-state index contributed by atoms with van der Waals surface area (Å²) < 4.78 is 31.3. The van der Waals surface area contributed by atoms with E-state index in [1.807, 2.05) is 38.1 Å². The zero-order valence-corrected chi connectivity index (χ0v) is 12.4. The molecule has 2 nitrogen and oxygen atoms in total. The van der Waals surface area contributed by atoms with Gasteiger partial charge in [0.05, 0.1) is 7.11 Å². The minimum absolute atomic E-state index is 0.0824. The number of halogens is 2. The van der Waals surface area contributed by atoms with Crippen LogP contribution in [0.15, 0.2) is 42.5 Å². The van der Waals surface area contributed by atoms with Crippen LogP contribution in [0.1, 0.15) is 37.1 Å². The largest absolute Gasteiger partial charge is 0.497 e. The molecule has 0 amide bonds. The summed E-state index contributed by atoms with van der Waals surface area (Å²) in [4.78, 5) is 0. The first-order chi connectivity index (χ1) is 10.0. The number of rotatable bonds is 5. The highest BCUT2D eigenvalue weighted by atomic mass is 19.2. The van der Waals surface area contributed by atoms with E-state index in [4.69, 9.17) is 4.74 Å². The van der Waals surface area contributed by atoms with Crippen molar-refractivity contribution in [3.8, 4) is 5.75 Å². The van der Waals surface area contributed by atoms with Crippen LogP contribution in [0, 0.1) is 11.6 Å². The summed E-state index contributed by atoms with van der Waals surface area (Å²) in [6, 6.07) is 11.7. The fourth-order valence-corrected chi connectivity index (χ4v) is 2.24. The molecule has 2 atom stereocenters. The molecule has 0 heterocycles. The Kier molecular flexibility index (Phi) is 4.91. The first-order valence-electron chi connectivity index (χ1n) is 6.86. The standard InChI is InChI=1S/C17H19F2NO/c1-11(13-4-7-15(21-3)8-5-13)20-12(2)14-6-9-16(18)17(19)10-14/h4-12,20H,1-3H3. The Balaban J connectivity index is 2.06. The lowest BCUT2D eigenvalue weighted by Gasteiger charge is -2.21. The van der Waals surface area contributed by atoms with Gasteiger partial charge in [-0.15, -0.1) is 0 Å². The van der Waals surface area contributed by atoms with E-state index in [9.17, 15) is 8.78 Å². The van der Waals surface area contributed by atoms with Gasteiger partial charge in [-0.1, -0.05) is 18.2 Å². The quantitative estimate of drug-likeness (QED) is 0.882. The highest BCUT2D eigenvalue weighted by molar-refractivity contribution is 5.29. The predicted octanol–water partition coefficient (Wildman–Crippen LogP) is 4.39. The number of benzene rings is 2. The van der Waals surface area contributed by atoms with Crippen LogP contribution in [0.25, 0.3) is 0 Å². The van der Waals surface area contributed by atoms with Gasteiger partial charge in [-0.3, -0.25) is 0 Å². The SMILES string of the molecule is COc1ccc(C(C)NC(C)c2ccc(F)c(F)c2)cc1. The molecule has 0 spiro atoms. The van der Waals surface area contributed by atoms with E-state index in [1.54, 1.807) is 13.2 Å². The molecule has 0 aliphatic rings. The van der Waals surface area contributed by atoms with Gasteiger partial charge in [0.1, 0.15) is 5.75 Å². The van der Waals surface area contributed by atoms with Crippen molar-refractivity contribution >= 4 is 0 Å². The molecule has 2 rings (SSSR count). The van der Waals surface area contributed by atoms with Crippen LogP contribution in [-0.4, -0.2) is 7.11 Å². The van der Waals surface area contributed by atoms with Gasteiger partial charge in [0.2, 0.25) is 0 Å². The molecular weight excluding hydrogens is 272 g/mol. The topological polar surface area (TPSA) is 21.3 Å². The number of hydrogen-bond donors (Lipinski definition) is 1. The van der Waals surface area contributed by atoms with Gasteiger partial charge < -0.3 is 10.1 Å². The zero-order valence-electron chi connectivity index (χ0n) is 12.4. The normalized spacial score (nSPS) is 13.8. The summed E-state index contributed by atoms with van der Waals surface area (Å²) in [5.41, 5.74) is 1.82. The van der Waals surface area contributed by atoms with Crippen molar-refractivity contribution in [3.63, 3.8) is 0 Å². The van der Waals surface area contributed by atoms with Crippen molar-refractivity contribution < 1.29 is 13.5 Å². The molecule has 2 aromatic rings. The van der Waals surface area contributed by atoms with Crippen LogP contribution >= 0.6 is 0 Å².